The summed E-state index contributed by atoms with van der Waals surface area (Å²) < 4.78 is 15.6. The molecule has 1 aromatic heterocycles. The highest BCUT2D eigenvalue weighted by atomic mass is 19.1. The summed E-state index contributed by atoms with van der Waals surface area (Å²) >= 11 is 0. The van der Waals surface area contributed by atoms with E-state index in [2.05, 4.69) is 44.9 Å². The molecule has 27 heavy (non-hydrogen) atoms. The third kappa shape index (κ3) is 3.94. The minimum Gasteiger partial charge on any atom is -0.326 e. The number of nitrogens with one attached hydrogen (secondary N) is 1. The summed E-state index contributed by atoms with van der Waals surface area (Å²) in [6.45, 7) is 7.31. The van der Waals surface area contributed by atoms with Gasteiger partial charge in [-0.15, -0.1) is 0 Å². The standard InChI is InChI=1S/C22H25FN4/c1-17(27-16-25-14-20(27)15-26-12-10-24-11-13-26)21-4-2-3-5-22(21)18-6-8-19(23)9-7-18/h2-9,14,16-17,24H,10-13,15H2,1H3. The van der Waals surface area contributed by atoms with Gasteiger partial charge in [0.25, 0.3) is 0 Å². The van der Waals surface area contributed by atoms with Crippen LogP contribution < -0.4 is 5.32 Å². The van der Waals surface area contributed by atoms with Crippen LogP contribution in [0.25, 0.3) is 11.1 Å². The molecule has 0 saturated carbocycles. The van der Waals surface area contributed by atoms with Gasteiger partial charge >= 0.3 is 0 Å². The van der Waals surface area contributed by atoms with E-state index in [-0.39, 0.29) is 11.9 Å². The number of nitrogens with zero attached hydrogens (tertiary/aromatic N) is 3. The van der Waals surface area contributed by atoms with Crippen LogP contribution in [-0.2, 0) is 6.54 Å². The molecule has 2 heterocycles. The fourth-order valence-corrected chi connectivity index (χ4v) is 3.81. The molecule has 1 unspecified atom stereocenters. The van der Waals surface area contributed by atoms with Gasteiger partial charge in [0.1, 0.15) is 5.82 Å². The predicted molar refractivity (Wildman–Crippen MR) is 106 cm³/mol. The molecule has 5 heteroatoms. The van der Waals surface area contributed by atoms with E-state index in [1.54, 1.807) is 0 Å². The molecule has 1 N–H and O–H groups in total. The van der Waals surface area contributed by atoms with E-state index in [9.17, 15) is 4.39 Å². The molecule has 0 radical (unpaired) electrons. The second-order valence-corrected chi connectivity index (χ2v) is 7.09. The van der Waals surface area contributed by atoms with Gasteiger partial charge < -0.3 is 9.88 Å². The van der Waals surface area contributed by atoms with Crippen LogP contribution in [0.1, 0.15) is 24.2 Å². The lowest BCUT2D eigenvalue weighted by molar-refractivity contribution is 0.227. The maximum absolute atomic E-state index is 13.3. The molecule has 4 rings (SSSR count). The van der Waals surface area contributed by atoms with Crippen molar-refractivity contribution in [3.05, 3.63) is 78.1 Å². The lowest BCUT2D eigenvalue weighted by Gasteiger charge is -2.28. The number of hydrogen-bond donors (Lipinski definition) is 1. The molecule has 1 aliphatic heterocycles. The minimum atomic E-state index is -0.211. The Balaban J connectivity index is 1.63. The first kappa shape index (κ1) is 17.9. The first-order chi connectivity index (χ1) is 13.2. The number of aromatic nitrogens is 2. The topological polar surface area (TPSA) is 33.1 Å². The van der Waals surface area contributed by atoms with E-state index in [1.165, 1.54) is 23.4 Å². The van der Waals surface area contributed by atoms with E-state index in [1.807, 2.05) is 30.7 Å². The summed E-state index contributed by atoms with van der Waals surface area (Å²) in [4.78, 5) is 6.88. The van der Waals surface area contributed by atoms with Crippen molar-refractivity contribution in [2.24, 2.45) is 0 Å². The summed E-state index contributed by atoms with van der Waals surface area (Å²) in [5, 5.41) is 3.40. The average Bonchev–Trinajstić information content (AvgIpc) is 3.17. The highest BCUT2D eigenvalue weighted by molar-refractivity contribution is 5.68. The summed E-state index contributed by atoms with van der Waals surface area (Å²) in [7, 11) is 0. The molecule has 2 aromatic carbocycles. The Morgan fingerprint density at radius 2 is 1.81 bits per heavy atom. The van der Waals surface area contributed by atoms with Crippen molar-refractivity contribution >= 4 is 0 Å². The second-order valence-electron chi connectivity index (χ2n) is 7.09. The molecule has 140 valence electrons. The van der Waals surface area contributed by atoms with Crippen molar-refractivity contribution in [3.8, 4) is 11.1 Å². The molecule has 0 bridgehead atoms. The predicted octanol–water partition coefficient (Wildman–Crippen LogP) is 3.70. The molecule has 1 atom stereocenters. The normalized spacial score (nSPS) is 16.4. The van der Waals surface area contributed by atoms with Crippen molar-refractivity contribution in [3.63, 3.8) is 0 Å². The van der Waals surface area contributed by atoms with Crippen molar-refractivity contribution in [1.82, 2.24) is 19.8 Å². The van der Waals surface area contributed by atoms with E-state index >= 15 is 0 Å². The Bertz CT molecular complexity index is 881. The Labute approximate surface area is 159 Å². The third-order valence-corrected chi connectivity index (χ3v) is 5.32. The molecule has 0 spiro atoms. The molecule has 4 nitrogen and oxygen atoms in total. The molecule has 0 aliphatic carbocycles. The van der Waals surface area contributed by atoms with Crippen molar-refractivity contribution < 1.29 is 4.39 Å². The average molecular weight is 364 g/mol. The monoisotopic (exact) mass is 364 g/mol. The Kier molecular flexibility index (Phi) is 5.32. The fourth-order valence-electron chi connectivity index (χ4n) is 3.81. The van der Waals surface area contributed by atoms with Crippen LogP contribution in [0.2, 0.25) is 0 Å². The van der Waals surface area contributed by atoms with Gasteiger partial charge in [-0.1, -0.05) is 36.4 Å². The van der Waals surface area contributed by atoms with Gasteiger partial charge in [0.05, 0.1) is 18.1 Å². The first-order valence-electron chi connectivity index (χ1n) is 9.51. The fraction of sp³-hybridized carbons (Fsp3) is 0.318. The maximum Gasteiger partial charge on any atom is 0.123 e. The summed E-state index contributed by atoms with van der Waals surface area (Å²) in [6.07, 6.45) is 3.89. The zero-order valence-electron chi connectivity index (χ0n) is 15.6. The van der Waals surface area contributed by atoms with E-state index in [0.717, 1.165) is 43.9 Å². The summed E-state index contributed by atoms with van der Waals surface area (Å²) in [6, 6.07) is 15.2. The van der Waals surface area contributed by atoms with Crippen molar-refractivity contribution in [2.45, 2.75) is 19.5 Å². The molecule has 1 fully saturated rings. The van der Waals surface area contributed by atoms with Gasteiger partial charge in [-0.25, -0.2) is 9.37 Å². The Morgan fingerprint density at radius 1 is 1.07 bits per heavy atom. The van der Waals surface area contributed by atoms with Gasteiger partial charge in [0, 0.05) is 38.9 Å². The van der Waals surface area contributed by atoms with Crippen LogP contribution in [0, 0.1) is 5.82 Å². The highest BCUT2D eigenvalue weighted by Crippen LogP contribution is 2.31. The number of rotatable bonds is 5. The molecule has 0 amide bonds. The van der Waals surface area contributed by atoms with E-state index in [0.29, 0.717) is 0 Å². The van der Waals surface area contributed by atoms with E-state index in [4.69, 9.17) is 0 Å². The lowest BCUT2D eigenvalue weighted by atomic mass is 9.95. The molecular formula is C22H25FN4. The zero-order valence-corrected chi connectivity index (χ0v) is 15.6. The van der Waals surface area contributed by atoms with Crippen molar-refractivity contribution in [1.29, 1.82) is 0 Å². The van der Waals surface area contributed by atoms with Gasteiger partial charge in [-0.2, -0.15) is 0 Å². The van der Waals surface area contributed by atoms with Gasteiger partial charge in [0.2, 0.25) is 0 Å². The smallest absolute Gasteiger partial charge is 0.123 e. The van der Waals surface area contributed by atoms with Gasteiger partial charge in [0.15, 0.2) is 0 Å². The number of hydrogen-bond acceptors (Lipinski definition) is 3. The minimum absolute atomic E-state index is 0.145. The highest BCUT2D eigenvalue weighted by Gasteiger charge is 2.18. The maximum atomic E-state index is 13.3. The van der Waals surface area contributed by atoms with Crippen LogP contribution in [0.4, 0.5) is 4.39 Å². The summed E-state index contributed by atoms with van der Waals surface area (Å²) in [5.41, 5.74) is 4.59. The van der Waals surface area contributed by atoms with Crippen LogP contribution in [0.5, 0.6) is 0 Å². The van der Waals surface area contributed by atoms with Crippen LogP contribution in [0.15, 0.2) is 61.1 Å². The third-order valence-electron chi connectivity index (χ3n) is 5.32. The lowest BCUT2D eigenvalue weighted by Crippen LogP contribution is -2.43. The molecule has 3 aromatic rings. The number of benzene rings is 2. The second kappa shape index (κ2) is 8.03. The zero-order chi connectivity index (χ0) is 18.6. The summed E-state index contributed by atoms with van der Waals surface area (Å²) in [5.74, 6) is -0.211. The van der Waals surface area contributed by atoms with Gasteiger partial charge in [-0.05, 0) is 35.7 Å². The molecular weight excluding hydrogens is 339 g/mol. The van der Waals surface area contributed by atoms with Crippen LogP contribution in [0.3, 0.4) is 0 Å². The molecule has 1 aliphatic rings. The van der Waals surface area contributed by atoms with Crippen LogP contribution >= 0.6 is 0 Å². The van der Waals surface area contributed by atoms with Crippen molar-refractivity contribution in [2.75, 3.05) is 26.2 Å². The van der Waals surface area contributed by atoms with Crippen LogP contribution in [-0.4, -0.2) is 40.6 Å². The SMILES string of the molecule is CC(c1ccccc1-c1ccc(F)cc1)n1cncc1CN1CCNCC1. The molecule has 1 saturated heterocycles. The first-order valence-corrected chi connectivity index (χ1v) is 9.51. The van der Waals surface area contributed by atoms with Gasteiger partial charge in [-0.3, -0.25) is 4.90 Å². The Morgan fingerprint density at radius 3 is 2.59 bits per heavy atom. The number of halogens is 1. The quantitative estimate of drug-likeness (QED) is 0.749. The number of imidazole rings is 1. The van der Waals surface area contributed by atoms with E-state index < -0.39 is 0 Å². The largest absolute Gasteiger partial charge is 0.326 e. The Hall–Kier alpha value is -2.50. The number of piperazine rings is 1.